The Hall–Kier alpha value is -2.40. The highest BCUT2D eigenvalue weighted by atomic mass is 32.1. The van der Waals surface area contributed by atoms with Crippen LogP contribution in [0, 0.1) is 26.7 Å². The second kappa shape index (κ2) is 7.31. The molecule has 1 aromatic carbocycles. The molecule has 0 bridgehead atoms. The third-order valence-electron chi connectivity index (χ3n) is 5.50. The maximum Gasteiger partial charge on any atom is 0.229 e. The first-order valence-corrected chi connectivity index (χ1v) is 10.3. The number of anilines is 2. The highest BCUT2D eigenvalue weighted by molar-refractivity contribution is 7.19. The average Bonchev–Trinajstić information content (AvgIpc) is 3.05. The minimum absolute atomic E-state index is 0.0181. The van der Waals surface area contributed by atoms with E-state index in [9.17, 15) is 4.79 Å². The van der Waals surface area contributed by atoms with Gasteiger partial charge in [0.05, 0.1) is 5.92 Å². The monoisotopic (exact) mass is 379 g/mol. The fraction of sp³-hybridized carbons (Fsp3) is 0.364. The van der Waals surface area contributed by atoms with Crippen molar-refractivity contribution >= 4 is 38.8 Å². The molecule has 5 heteroatoms. The summed E-state index contributed by atoms with van der Waals surface area (Å²) in [6.07, 6.45) is 3.81. The number of carbonyl (C=O) groups is 1. The van der Waals surface area contributed by atoms with Gasteiger partial charge in [-0.05, 0) is 62.9 Å². The van der Waals surface area contributed by atoms with E-state index in [1.807, 2.05) is 18.3 Å². The molecule has 2 aromatic heterocycles. The predicted molar refractivity (Wildman–Crippen MR) is 114 cm³/mol. The van der Waals surface area contributed by atoms with Gasteiger partial charge in [-0.15, -0.1) is 11.3 Å². The molecular weight excluding hydrogens is 354 g/mol. The number of nitrogens with one attached hydrogen (secondary N) is 1. The van der Waals surface area contributed by atoms with Crippen LogP contribution in [-0.2, 0) is 4.79 Å². The first kappa shape index (κ1) is 18.0. The molecule has 1 N–H and O–H groups in total. The molecule has 1 aliphatic heterocycles. The van der Waals surface area contributed by atoms with E-state index < -0.39 is 0 Å². The summed E-state index contributed by atoms with van der Waals surface area (Å²) in [5.41, 5.74) is 3.26. The van der Waals surface area contributed by atoms with Gasteiger partial charge in [0.15, 0.2) is 0 Å². The van der Waals surface area contributed by atoms with Gasteiger partial charge in [-0.25, -0.2) is 4.98 Å². The van der Waals surface area contributed by atoms with Crippen LogP contribution in [0.15, 0.2) is 36.5 Å². The van der Waals surface area contributed by atoms with E-state index in [1.165, 1.54) is 20.5 Å². The quantitative estimate of drug-likeness (QED) is 0.690. The summed E-state index contributed by atoms with van der Waals surface area (Å²) in [7, 11) is 0. The van der Waals surface area contributed by atoms with Crippen molar-refractivity contribution in [3.05, 3.63) is 52.5 Å². The van der Waals surface area contributed by atoms with Crippen LogP contribution < -0.4 is 10.2 Å². The lowest BCUT2D eigenvalue weighted by Gasteiger charge is -2.33. The Morgan fingerprint density at radius 1 is 1.26 bits per heavy atom. The van der Waals surface area contributed by atoms with Gasteiger partial charge < -0.3 is 10.2 Å². The number of aromatic nitrogens is 1. The summed E-state index contributed by atoms with van der Waals surface area (Å²) in [6, 6.07) is 10.3. The predicted octanol–water partition coefficient (Wildman–Crippen LogP) is 5.08. The van der Waals surface area contributed by atoms with Crippen molar-refractivity contribution in [1.29, 1.82) is 0 Å². The molecule has 1 aliphatic rings. The van der Waals surface area contributed by atoms with Gasteiger partial charge in [0.2, 0.25) is 5.91 Å². The van der Waals surface area contributed by atoms with E-state index in [2.05, 4.69) is 54.2 Å². The molecule has 1 atom stereocenters. The van der Waals surface area contributed by atoms with Crippen molar-refractivity contribution in [1.82, 2.24) is 4.98 Å². The summed E-state index contributed by atoms with van der Waals surface area (Å²) in [5, 5.41) is 4.35. The van der Waals surface area contributed by atoms with E-state index in [1.54, 1.807) is 11.3 Å². The zero-order chi connectivity index (χ0) is 19.0. The molecule has 1 saturated heterocycles. The van der Waals surface area contributed by atoms with Crippen LogP contribution in [0.3, 0.4) is 0 Å². The van der Waals surface area contributed by atoms with Gasteiger partial charge in [0.1, 0.15) is 5.82 Å². The molecule has 1 amide bonds. The number of aryl methyl sites for hydroxylation is 2. The molecule has 0 unspecified atom stereocenters. The maximum absolute atomic E-state index is 12.9. The average molecular weight is 380 g/mol. The number of pyridine rings is 1. The number of fused-ring (bicyclic) bond motifs is 1. The first-order chi connectivity index (χ1) is 13.0. The molecular formula is C22H25N3OS. The van der Waals surface area contributed by atoms with Gasteiger partial charge >= 0.3 is 0 Å². The van der Waals surface area contributed by atoms with Crippen molar-refractivity contribution < 1.29 is 4.79 Å². The fourth-order valence-corrected chi connectivity index (χ4v) is 4.75. The van der Waals surface area contributed by atoms with Gasteiger partial charge in [0, 0.05) is 39.9 Å². The lowest BCUT2D eigenvalue weighted by molar-refractivity contribution is -0.120. The van der Waals surface area contributed by atoms with E-state index in [4.69, 9.17) is 0 Å². The summed E-state index contributed by atoms with van der Waals surface area (Å²) < 4.78 is 1.26. The van der Waals surface area contributed by atoms with Crippen LogP contribution in [-0.4, -0.2) is 24.0 Å². The van der Waals surface area contributed by atoms with Gasteiger partial charge in [-0.2, -0.15) is 0 Å². The Kier molecular flexibility index (Phi) is 4.87. The number of amides is 1. The molecule has 140 valence electrons. The molecule has 0 radical (unpaired) electrons. The number of piperidine rings is 1. The molecule has 27 heavy (non-hydrogen) atoms. The van der Waals surface area contributed by atoms with Crippen LogP contribution in [0.25, 0.3) is 10.1 Å². The van der Waals surface area contributed by atoms with Crippen LogP contribution in [0.4, 0.5) is 11.5 Å². The number of benzene rings is 1. The zero-order valence-electron chi connectivity index (χ0n) is 16.1. The largest absolute Gasteiger partial charge is 0.355 e. The second-order valence-corrected chi connectivity index (χ2v) is 8.71. The van der Waals surface area contributed by atoms with Crippen molar-refractivity contribution in [2.75, 3.05) is 23.3 Å². The number of thiophene rings is 1. The second-order valence-electron chi connectivity index (χ2n) is 7.43. The molecule has 0 saturated carbocycles. The topological polar surface area (TPSA) is 45.2 Å². The molecule has 4 rings (SSSR count). The SMILES string of the molecule is Cc1cc2c(N3CCC[C@@H](C(=O)Nc4cccc(C)c4C)C3)nccc2s1. The standard InChI is InChI=1S/C22H25N3OS/c1-14-6-4-8-19(16(14)3)24-22(26)17-7-5-11-25(13-17)21-18-12-15(2)27-20(18)9-10-23-21/h4,6,8-10,12,17H,5,7,11,13H2,1-3H3,(H,24,26)/t17-/m1/s1. The van der Waals surface area contributed by atoms with Crippen LogP contribution >= 0.6 is 11.3 Å². The smallest absolute Gasteiger partial charge is 0.229 e. The van der Waals surface area contributed by atoms with Crippen molar-refractivity contribution in [3.63, 3.8) is 0 Å². The minimum atomic E-state index is -0.0181. The molecule has 1 fully saturated rings. The number of hydrogen-bond acceptors (Lipinski definition) is 4. The van der Waals surface area contributed by atoms with Gasteiger partial charge in [-0.3, -0.25) is 4.79 Å². The van der Waals surface area contributed by atoms with E-state index >= 15 is 0 Å². The lowest BCUT2D eigenvalue weighted by atomic mass is 9.96. The minimum Gasteiger partial charge on any atom is -0.355 e. The van der Waals surface area contributed by atoms with E-state index in [0.717, 1.165) is 43.0 Å². The molecule has 3 heterocycles. The summed E-state index contributed by atoms with van der Waals surface area (Å²) in [6.45, 7) is 7.93. The Balaban J connectivity index is 1.54. The fourth-order valence-electron chi connectivity index (χ4n) is 3.83. The third kappa shape index (κ3) is 3.56. The highest BCUT2D eigenvalue weighted by Crippen LogP contribution is 2.33. The Bertz CT molecular complexity index is 994. The number of nitrogens with zero attached hydrogens (tertiary/aromatic N) is 2. The highest BCUT2D eigenvalue weighted by Gasteiger charge is 2.28. The summed E-state index contributed by atoms with van der Waals surface area (Å²) in [5.74, 6) is 1.11. The molecule has 4 nitrogen and oxygen atoms in total. The summed E-state index contributed by atoms with van der Waals surface area (Å²) in [4.78, 5) is 21.1. The Morgan fingerprint density at radius 2 is 2.11 bits per heavy atom. The third-order valence-corrected chi connectivity index (χ3v) is 6.52. The first-order valence-electron chi connectivity index (χ1n) is 9.50. The maximum atomic E-state index is 12.9. The van der Waals surface area contributed by atoms with E-state index in [-0.39, 0.29) is 11.8 Å². The Morgan fingerprint density at radius 3 is 2.96 bits per heavy atom. The number of rotatable bonds is 3. The number of hydrogen-bond donors (Lipinski definition) is 1. The zero-order valence-corrected chi connectivity index (χ0v) is 16.9. The molecule has 0 spiro atoms. The molecule has 0 aliphatic carbocycles. The van der Waals surface area contributed by atoms with Crippen molar-refractivity contribution in [3.8, 4) is 0 Å². The van der Waals surface area contributed by atoms with Crippen molar-refractivity contribution in [2.24, 2.45) is 5.92 Å². The van der Waals surface area contributed by atoms with Crippen LogP contribution in [0.5, 0.6) is 0 Å². The molecule has 3 aromatic rings. The Labute approximate surface area is 164 Å². The van der Waals surface area contributed by atoms with Gasteiger partial charge in [0.25, 0.3) is 0 Å². The van der Waals surface area contributed by atoms with Crippen molar-refractivity contribution in [2.45, 2.75) is 33.6 Å². The van der Waals surface area contributed by atoms with Crippen LogP contribution in [0.2, 0.25) is 0 Å². The summed E-state index contributed by atoms with van der Waals surface area (Å²) >= 11 is 1.80. The number of carbonyl (C=O) groups excluding carboxylic acids is 1. The lowest BCUT2D eigenvalue weighted by Crippen LogP contribution is -2.41. The normalized spacial score (nSPS) is 17.3. The van der Waals surface area contributed by atoms with Crippen LogP contribution in [0.1, 0.15) is 28.8 Å². The van der Waals surface area contributed by atoms with Gasteiger partial charge in [-0.1, -0.05) is 12.1 Å². The van der Waals surface area contributed by atoms with E-state index in [0.29, 0.717) is 0 Å².